The number of benzene rings is 1. The van der Waals surface area contributed by atoms with Crippen molar-refractivity contribution in [2.45, 2.75) is 43.8 Å². The number of rotatable bonds is 11. The molecule has 3 aromatic rings. The van der Waals surface area contributed by atoms with Crippen LogP contribution in [0.4, 0.5) is 5.69 Å². The van der Waals surface area contributed by atoms with E-state index < -0.39 is 0 Å². The molecule has 32 heavy (non-hydrogen) atoms. The highest BCUT2D eigenvalue weighted by Crippen LogP contribution is 2.40. The highest BCUT2D eigenvalue weighted by atomic mass is 32.2. The topological polar surface area (TPSA) is 97.2 Å². The van der Waals surface area contributed by atoms with Crippen molar-refractivity contribution in [3.05, 3.63) is 54.2 Å². The van der Waals surface area contributed by atoms with Gasteiger partial charge in [-0.25, -0.2) is 0 Å². The van der Waals surface area contributed by atoms with Crippen LogP contribution >= 0.6 is 11.8 Å². The minimum atomic E-state index is -0.0880. The average Bonchev–Trinajstić information content (AvgIpc) is 3.37. The monoisotopic (exact) mass is 451 g/mol. The number of nitrogens with zero attached hydrogens (tertiary/aromatic N) is 5. The lowest BCUT2D eigenvalue weighted by Crippen LogP contribution is -2.33. The van der Waals surface area contributed by atoms with Gasteiger partial charge >= 0.3 is 0 Å². The van der Waals surface area contributed by atoms with Crippen molar-refractivity contribution < 1.29 is 13.9 Å². The summed E-state index contributed by atoms with van der Waals surface area (Å²) in [5.41, 5.74) is 0.741. The fraction of sp³-hybridized carbons (Fsp3) is 0.391. The van der Waals surface area contributed by atoms with Crippen molar-refractivity contribution >= 4 is 23.4 Å². The summed E-state index contributed by atoms with van der Waals surface area (Å²) in [5, 5.41) is 18.5. The Labute approximate surface area is 191 Å². The summed E-state index contributed by atoms with van der Waals surface area (Å²) in [6.07, 6.45) is 4.12. The van der Waals surface area contributed by atoms with Crippen LogP contribution in [0, 0.1) is 11.3 Å². The number of hydrogen-bond donors (Lipinski definition) is 0. The molecule has 8 nitrogen and oxygen atoms in total. The summed E-state index contributed by atoms with van der Waals surface area (Å²) in [5.74, 6) is 3.05. The molecule has 0 unspecified atom stereocenters. The summed E-state index contributed by atoms with van der Waals surface area (Å²) in [7, 11) is 0. The van der Waals surface area contributed by atoms with E-state index in [9.17, 15) is 4.79 Å². The van der Waals surface area contributed by atoms with Gasteiger partial charge < -0.3 is 14.1 Å². The smallest absolute Gasteiger partial charge is 0.237 e. The van der Waals surface area contributed by atoms with Crippen LogP contribution in [-0.4, -0.2) is 39.6 Å². The van der Waals surface area contributed by atoms with E-state index in [1.807, 2.05) is 47.9 Å². The number of carbonyl (C=O) groups excluding carboxylic acids is 1. The Morgan fingerprint density at radius 2 is 2.12 bits per heavy atom. The van der Waals surface area contributed by atoms with Gasteiger partial charge in [0.25, 0.3) is 0 Å². The van der Waals surface area contributed by atoms with E-state index in [2.05, 4.69) is 16.3 Å². The molecule has 0 bridgehead atoms. The van der Waals surface area contributed by atoms with Gasteiger partial charge in [0, 0.05) is 18.2 Å². The molecular formula is C23H25N5O3S. The van der Waals surface area contributed by atoms with Crippen LogP contribution < -0.4 is 9.64 Å². The van der Waals surface area contributed by atoms with Crippen LogP contribution in [0.25, 0.3) is 0 Å². The predicted molar refractivity (Wildman–Crippen MR) is 121 cm³/mol. The minimum absolute atomic E-state index is 0.0880. The summed E-state index contributed by atoms with van der Waals surface area (Å²) in [6, 6.07) is 13.3. The van der Waals surface area contributed by atoms with Gasteiger partial charge in [0.1, 0.15) is 17.3 Å². The normalized spacial score (nSPS) is 13.0. The third kappa shape index (κ3) is 5.32. The molecule has 1 aliphatic rings. The fourth-order valence-electron chi connectivity index (χ4n) is 3.41. The molecule has 0 atom stereocenters. The summed E-state index contributed by atoms with van der Waals surface area (Å²) >= 11 is 1.36. The minimum Gasteiger partial charge on any atom is -0.494 e. The molecule has 1 aromatic carbocycles. The van der Waals surface area contributed by atoms with E-state index in [1.54, 1.807) is 11.2 Å². The van der Waals surface area contributed by atoms with Gasteiger partial charge in [-0.15, -0.1) is 10.2 Å². The van der Waals surface area contributed by atoms with Crippen molar-refractivity contribution in [3.63, 3.8) is 0 Å². The Kier molecular flexibility index (Phi) is 7.12. The maximum atomic E-state index is 13.1. The van der Waals surface area contributed by atoms with Crippen LogP contribution in [0.2, 0.25) is 0 Å². The fourth-order valence-corrected chi connectivity index (χ4v) is 4.23. The predicted octanol–water partition coefficient (Wildman–Crippen LogP) is 4.23. The lowest BCUT2D eigenvalue weighted by Gasteiger charge is -2.22. The highest BCUT2D eigenvalue weighted by molar-refractivity contribution is 7.99. The highest BCUT2D eigenvalue weighted by Gasteiger charge is 2.31. The number of nitriles is 1. The SMILES string of the molecule is CCOc1ccc(N(CCC#N)C(=O)CSc2nnc(C3CC3)n2Cc2ccco2)cc1. The molecule has 0 radical (unpaired) electrons. The number of anilines is 1. The summed E-state index contributed by atoms with van der Waals surface area (Å²) < 4.78 is 13.0. The lowest BCUT2D eigenvalue weighted by molar-refractivity contribution is -0.116. The average molecular weight is 452 g/mol. The third-order valence-corrected chi connectivity index (χ3v) is 6.07. The van der Waals surface area contributed by atoms with E-state index >= 15 is 0 Å². The quantitative estimate of drug-likeness (QED) is 0.402. The van der Waals surface area contributed by atoms with Crippen molar-refractivity contribution in [2.75, 3.05) is 23.8 Å². The maximum Gasteiger partial charge on any atom is 0.237 e. The van der Waals surface area contributed by atoms with E-state index in [-0.39, 0.29) is 18.1 Å². The van der Waals surface area contributed by atoms with E-state index in [1.165, 1.54) is 11.8 Å². The van der Waals surface area contributed by atoms with Crippen LogP contribution in [0.1, 0.15) is 43.7 Å². The van der Waals surface area contributed by atoms with Crippen molar-refractivity contribution in [2.24, 2.45) is 0 Å². The zero-order valence-electron chi connectivity index (χ0n) is 17.9. The summed E-state index contributed by atoms with van der Waals surface area (Å²) in [6.45, 7) is 3.37. The second-order valence-corrected chi connectivity index (χ2v) is 8.39. The van der Waals surface area contributed by atoms with Crippen LogP contribution in [0.3, 0.4) is 0 Å². The first-order chi connectivity index (χ1) is 15.7. The molecule has 9 heteroatoms. The van der Waals surface area contributed by atoms with Crippen molar-refractivity contribution in [3.8, 4) is 11.8 Å². The Bertz CT molecular complexity index is 1070. The number of furan rings is 1. The summed E-state index contributed by atoms with van der Waals surface area (Å²) in [4.78, 5) is 14.7. The van der Waals surface area contributed by atoms with Crippen molar-refractivity contribution in [1.82, 2.24) is 14.8 Å². The zero-order chi connectivity index (χ0) is 22.3. The number of carbonyl (C=O) groups is 1. The van der Waals surface area contributed by atoms with Gasteiger partial charge in [0.05, 0.1) is 37.7 Å². The molecule has 4 rings (SSSR count). The Morgan fingerprint density at radius 1 is 1.31 bits per heavy atom. The first-order valence-electron chi connectivity index (χ1n) is 10.7. The van der Waals surface area contributed by atoms with E-state index in [4.69, 9.17) is 14.4 Å². The number of hydrogen-bond acceptors (Lipinski definition) is 7. The third-order valence-electron chi connectivity index (χ3n) is 5.11. The second-order valence-electron chi connectivity index (χ2n) is 7.45. The second kappa shape index (κ2) is 10.4. The molecule has 166 valence electrons. The van der Waals surface area contributed by atoms with Crippen molar-refractivity contribution in [1.29, 1.82) is 5.26 Å². The molecule has 0 aliphatic heterocycles. The van der Waals surface area contributed by atoms with Gasteiger partial charge in [-0.3, -0.25) is 9.36 Å². The largest absolute Gasteiger partial charge is 0.494 e. The molecule has 0 saturated heterocycles. The maximum absolute atomic E-state index is 13.1. The molecule has 1 aliphatic carbocycles. The van der Waals surface area contributed by atoms with Crippen LogP contribution in [0.5, 0.6) is 5.75 Å². The molecule has 0 N–H and O–H groups in total. The van der Waals surface area contributed by atoms with Crippen LogP contribution in [0.15, 0.2) is 52.2 Å². The lowest BCUT2D eigenvalue weighted by atomic mass is 10.2. The molecule has 0 spiro atoms. The van der Waals surface area contributed by atoms with Gasteiger partial charge in [-0.1, -0.05) is 11.8 Å². The van der Waals surface area contributed by atoms with Crippen LogP contribution in [-0.2, 0) is 11.3 Å². The molecule has 2 heterocycles. The van der Waals surface area contributed by atoms with Gasteiger partial charge in [-0.2, -0.15) is 5.26 Å². The number of ether oxygens (including phenoxy) is 1. The zero-order valence-corrected chi connectivity index (χ0v) is 18.8. The van der Waals surface area contributed by atoms with Gasteiger partial charge in [0.2, 0.25) is 5.91 Å². The number of amides is 1. The number of thioether (sulfide) groups is 1. The van der Waals surface area contributed by atoms with Gasteiger partial charge in [-0.05, 0) is 56.2 Å². The Morgan fingerprint density at radius 3 is 2.78 bits per heavy atom. The molecular weight excluding hydrogens is 426 g/mol. The van der Waals surface area contributed by atoms with E-state index in [0.717, 1.165) is 35.9 Å². The number of aromatic nitrogens is 3. The Balaban J connectivity index is 1.47. The first-order valence-corrected chi connectivity index (χ1v) is 11.7. The Hall–Kier alpha value is -3.25. The standard InChI is InChI=1S/C23H25N5O3S/c1-2-30-19-10-8-18(9-11-19)27(13-4-12-24)21(29)16-32-23-26-25-22(17-6-7-17)28(23)15-20-5-3-14-31-20/h3,5,8-11,14,17H,2,4,6-7,13,15-16H2,1H3. The van der Waals surface area contributed by atoms with E-state index in [0.29, 0.717) is 30.8 Å². The van der Waals surface area contributed by atoms with Gasteiger partial charge in [0.15, 0.2) is 5.16 Å². The first kappa shape index (κ1) is 22.0. The molecule has 1 fully saturated rings. The molecule has 2 aromatic heterocycles. The molecule has 1 amide bonds. The molecule has 1 saturated carbocycles.